The average Bonchev–Trinajstić information content (AvgIpc) is 2.23. The van der Waals surface area contributed by atoms with Gasteiger partial charge in [-0.2, -0.15) is 0 Å². The van der Waals surface area contributed by atoms with Gasteiger partial charge in [0, 0.05) is 30.5 Å². The lowest BCUT2D eigenvalue weighted by Gasteiger charge is -2.61. The van der Waals surface area contributed by atoms with Gasteiger partial charge in [0.05, 0.1) is 6.10 Å². The van der Waals surface area contributed by atoms with Crippen LogP contribution in [0.3, 0.4) is 0 Å². The highest BCUT2D eigenvalue weighted by Gasteiger charge is 2.59. The van der Waals surface area contributed by atoms with E-state index in [0.29, 0.717) is 18.7 Å². The van der Waals surface area contributed by atoms with Gasteiger partial charge in [0.15, 0.2) is 0 Å². The Hall–Kier alpha value is -0.320. The molecule has 0 aliphatic heterocycles. The van der Waals surface area contributed by atoms with Crippen molar-refractivity contribution in [2.24, 2.45) is 17.1 Å². The van der Waals surface area contributed by atoms with E-state index in [-0.39, 0.29) is 29.6 Å². The van der Waals surface area contributed by atoms with Crippen LogP contribution < -0.4 is 11.1 Å². The predicted octanol–water partition coefficient (Wildman–Crippen LogP) is 1.47. The third-order valence-electron chi connectivity index (χ3n) is 4.55. The molecule has 106 valence electrons. The molecule has 18 heavy (non-hydrogen) atoms. The molecule has 3 atom stereocenters. The van der Waals surface area contributed by atoms with Crippen LogP contribution >= 0.6 is 12.4 Å². The van der Waals surface area contributed by atoms with Gasteiger partial charge in [-0.15, -0.1) is 12.4 Å². The zero-order valence-electron chi connectivity index (χ0n) is 11.3. The van der Waals surface area contributed by atoms with Crippen molar-refractivity contribution in [2.75, 3.05) is 13.2 Å². The normalized spacial score (nSPS) is 29.7. The molecule has 5 heteroatoms. The zero-order valence-corrected chi connectivity index (χ0v) is 12.1. The number of carbonyl (C=O) groups excluding carboxylic acids is 1. The molecule has 2 aliphatic rings. The van der Waals surface area contributed by atoms with E-state index in [2.05, 4.69) is 5.32 Å². The number of amides is 1. The molecule has 0 heterocycles. The standard InChI is InChI=1S/C13H24N2O2.ClH/c1-3-17-11-7-10(13(11)5-4-6-13)15-12(16)9(2)8-14;/h9-11H,3-8,14H2,1-2H3,(H,15,16);1H. The SMILES string of the molecule is CCOC1CC(NC(=O)C(C)CN)C12CCC2.Cl. The minimum Gasteiger partial charge on any atom is -0.378 e. The van der Waals surface area contributed by atoms with Crippen molar-refractivity contribution in [1.82, 2.24) is 5.32 Å². The summed E-state index contributed by atoms with van der Waals surface area (Å²) in [6.45, 7) is 5.10. The number of rotatable bonds is 5. The Bertz CT molecular complexity index is 295. The zero-order chi connectivity index (χ0) is 12.5. The first kappa shape index (κ1) is 15.7. The molecule has 3 N–H and O–H groups in total. The Morgan fingerprint density at radius 3 is 2.67 bits per heavy atom. The minimum atomic E-state index is -0.0849. The maximum absolute atomic E-state index is 11.8. The van der Waals surface area contributed by atoms with E-state index in [4.69, 9.17) is 10.5 Å². The van der Waals surface area contributed by atoms with E-state index in [1.165, 1.54) is 19.3 Å². The third-order valence-corrected chi connectivity index (χ3v) is 4.55. The Labute approximate surface area is 115 Å². The van der Waals surface area contributed by atoms with Gasteiger partial charge in [0.25, 0.3) is 0 Å². The molecule has 0 aromatic rings. The molecule has 3 unspecified atom stereocenters. The molecule has 1 amide bonds. The molecule has 4 nitrogen and oxygen atoms in total. The van der Waals surface area contributed by atoms with Crippen LogP contribution in [0.15, 0.2) is 0 Å². The summed E-state index contributed by atoms with van der Waals surface area (Å²) in [4.78, 5) is 11.8. The molecule has 0 radical (unpaired) electrons. The highest BCUT2D eigenvalue weighted by Crippen LogP contribution is 2.57. The van der Waals surface area contributed by atoms with E-state index in [9.17, 15) is 4.79 Å². The first-order chi connectivity index (χ1) is 8.14. The van der Waals surface area contributed by atoms with Crippen molar-refractivity contribution in [3.8, 4) is 0 Å². The number of carbonyl (C=O) groups is 1. The molecule has 2 fully saturated rings. The van der Waals surface area contributed by atoms with Gasteiger partial charge >= 0.3 is 0 Å². The van der Waals surface area contributed by atoms with Crippen molar-refractivity contribution in [2.45, 2.75) is 51.7 Å². The summed E-state index contributed by atoms with van der Waals surface area (Å²) in [5, 5.41) is 3.15. The second-order valence-corrected chi connectivity index (χ2v) is 5.46. The van der Waals surface area contributed by atoms with E-state index in [0.717, 1.165) is 13.0 Å². The van der Waals surface area contributed by atoms with Crippen molar-refractivity contribution >= 4 is 18.3 Å². The average molecular weight is 277 g/mol. The number of hydrogen-bond donors (Lipinski definition) is 2. The molecule has 1 spiro atoms. The Morgan fingerprint density at radius 1 is 1.56 bits per heavy atom. The summed E-state index contributed by atoms with van der Waals surface area (Å²) in [5.74, 6) is 0.0111. The molecule has 0 saturated heterocycles. The van der Waals surface area contributed by atoms with Gasteiger partial charge in [-0.05, 0) is 26.2 Å². The predicted molar refractivity (Wildman–Crippen MR) is 73.7 cm³/mol. The Morgan fingerprint density at radius 2 is 2.22 bits per heavy atom. The van der Waals surface area contributed by atoms with Crippen LogP contribution in [-0.2, 0) is 9.53 Å². The van der Waals surface area contributed by atoms with Crippen molar-refractivity contribution in [1.29, 1.82) is 0 Å². The lowest BCUT2D eigenvalue weighted by atomic mass is 9.51. The van der Waals surface area contributed by atoms with Crippen LogP contribution in [0.5, 0.6) is 0 Å². The third kappa shape index (κ3) is 2.51. The number of nitrogens with two attached hydrogens (primary N) is 1. The summed E-state index contributed by atoms with van der Waals surface area (Å²) < 4.78 is 5.76. The van der Waals surface area contributed by atoms with Gasteiger partial charge in [-0.25, -0.2) is 0 Å². The van der Waals surface area contributed by atoms with E-state index >= 15 is 0 Å². The van der Waals surface area contributed by atoms with Crippen molar-refractivity contribution in [3.63, 3.8) is 0 Å². The van der Waals surface area contributed by atoms with Gasteiger partial charge in [0.1, 0.15) is 0 Å². The maximum Gasteiger partial charge on any atom is 0.224 e. The van der Waals surface area contributed by atoms with Crippen LogP contribution in [0.4, 0.5) is 0 Å². The molecular formula is C13H25ClN2O2. The van der Waals surface area contributed by atoms with E-state index in [1.807, 2.05) is 13.8 Å². The first-order valence-electron chi connectivity index (χ1n) is 6.76. The second kappa shape index (κ2) is 6.22. The minimum absolute atomic E-state index is 0. The molecule has 2 rings (SSSR count). The number of hydrogen-bond acceptors (Lipinski definition) is 3. The topological polar surface area (TPSA) is 64.3 Å². The summed E-state index contributed by atoms with van der Waals surface area (Å²) in [5.41, 5.74) is 5.76. The molecule has 0 aromatic heterocycles. The van der Waals surface area contributed by atoms with Crippen molar-refractivity contribution < 1.29 is 9.53 Å². The summed E-state index contributed by atoms with van der Waals surface area (Å²) >= 11 is 0. The Balaban J connectivity index is 0.00000162. The molecule has 2 aliphatic carbocycles. The fourth-order valence-corrected chi connectivity index (χ4v) is 3.06. The lowest BCUT2D eigenvalue weighted by Crippen LogP contribution is -2.68. The van der Waals surface area contributed by atoms with Crippen LogP contribution in [0.1, 0.15) is 39.5 Å². The monoisotopic (exact) mass is 276 g/mol. The number of nitrogens with one attached hydrogen (secondary N) is 1. The van der Waals surface area contributed by atoms with Crippen LogP contribution in [0, 0.1) is 11.3 Å². The van der Waals surface area contributed by atoms with E-state index in [1.54, 1.807) is 0 Å². The van der Waals surface area contributed by atoms with Gasteiger partial charge in [0.2, 0.25) is 5.91 Å². The fraction of sp³-hybridized carbons (Fsp3) is 0.923. The fourth-order valence-electron chi connectivity index (χ4n) is 3.06. The molecular weight excluding hydrogens is 252 g/mol. The van der Waals surface area contributed by atoms with Crippen LogP contribution in [0.25, 0.3) is 0 Å². The van der Waals surface area contributed by atoms with Crippen LogP contribution in [0.2, 0.25) is 0 Å². The van der Waals surface area contributed by atoms with Gasteiger partial charge < -0.3 is 15.8 Å². The molecule has 0 bridgehead atoms. The number of halogens is 1. The Kier molecular flexibility index (Phi) is 5.44. The smallest absolute Gasteiger partial charge is 0.224 e. The maximum atomic E-state index is 11.8. The largest absolute Gasteiger partial charge is 0.378 e. The molecule has 2 saturated carbocycles. The molecule has 0 aromatic carbocycles. The van der Waals surface area contributed by atoms with Gasteiger partial charge in [-0.3, -0.25) is 4.79 Å². The van der Waals surface area contributed by atoms with Gasteiger partial charge in [-0.1, -0.05) is 13.3 Å². The first-order valence-corrected chi connectivity index (χ1v) is 6.76. The van der Waals surface area contributed by atoms with Crippen molar-refractivity contribution in [3.05, 3.63) is 0 Å². The summed E-state index contributed by atoms with van der Waals surface area (Å²) in [6.07, 6.45) is 4.98. The van der Waals surface area contributed by atoms with Crippen LogP contribution in [-0.4, -0.2) is 31.2 Å². The highest BCUT2D eigenvalue weighted by molar-refractivity contribution is 5.85. The highest BCUT2D eigenvalue weighted by atomic mass is 35.5. The lowest BCUT2D eigenvalue weighted by molar-refractivity contribution is -0.176. The quantitative estimate of drug-likeness (QED) is 0.799. The van der Waals surface area contributed by atoms with E-state index < -0.39 is 0 Å². The summed E-state index contributed by atoms with van der Waals surface area (Å²) in [6, 6.07) is 0.314. The second-order valence-electron chi connectivity index (χ2n) is 5.46. The number of ether oxygens (including phenoxy) is 1. The summed E-state index contributed by atoms with van der Waals surface area (Å²) in [7, 11) is 0.